The summed E-state index contributed by atoms with van der Waals surface area (Å²) in [7, 11) is 0. The standard InChI is InChI=1S/C13H11F3N2O3/c1-2-7-17-12(20)21-8-9-3-5-10(6-4-9)18-11(19)13(14,15)16/h1,3-6H,7-8H2,(H,17,20)(H,18,19). The van der Waals surface area contributed by atoms with Gasteiger partial charge < -0.3 is 15.4 Å². The number of ether oxygens (including phenoxy) is 1. The Balaban J connectivity index is 2.49. The van der Waals surface area contributed by atoms with E-state index in [-0.39, 0.29) is 18.8 Å². The molecule has 0 bridgehead atoms. The van der Waals surface area contributed by atoms with Gasteiger partial charge in [0.1, 0.15) is 6.61 Å². The summed E-state index contributed by atoms with van der Waals surface area (Å²) in [6.07, 6.45) is -0.717. The summed E-state index contributed by atoms with van der Waals surface area (Å²) in [4.78, 5) is 21.8. The average molecular weight is 300 g/mol. The molecule has 21 heavy (non-hydrogen) atoms. The van der Waals surface area contributed by atoms with Gasteiger partial charge in [-0.05, 0) is 17.7 Å². The van der Waals surface area contributed by atoms with Gasteiger partial charge in [-0.2, -0.15) is 13.2 Å². The maximum absolute atomic E-state index is 12.0. The fourth-order valence-corrected chi connectivity index (χ4v) is 1.21. The Morgan fingerprint density at radius 2 is 1.86 bits per heavy atom. The van der Waals surface area contributed by atoms with Crippen LogP contribution in [-0.4, -0.2) is 24.7 Å². The van der Waals surface area contributed by atoms with Crippen molar-refractivity contribution >= 4 is 17.7 Å². The van der Waals surface area contributed by atoms with Gasteiger partial charge in [-0.1, -0.05) is 18.1 Å². The van der Waals surface area contributed by atoms with Gasteiger partial charge in [0, 0.05) is 5.69 Å². The number of hydrogen-bond acceptors (Lipinski definition) is 3. The number of alkyl halides is 3. The molecule has 0 radical (unpaired) electrons. The van der Waals surface area contributed by atoms with E-state index in [9.17, 15) is 22.8 Å². The lowest BCUT2D eigenvalue weighted by molar-refractivity contribution is -0.167. The summed E-state index contributed by atoms with van der Waals surface area (Å²) in [5.41, 5.74) is 0.522. The maximum atomic E-state index is 12.0. The number of terminal acetylenes is 1. The fourth-order valence-electron chi connectivity index (χ4n) is 1.21. The number of carbonyl (C=O) groups is 2. The second-order valence-electron chi connectivity index (χ2n) is 3.78. The van der Waals surface area contributed by atoms with Gasteiger partial charge in [0.15, 0.2) is 0 Å². The van der Waals surface area contributed by atoms with Crippen LogP contribution in [0.5, 0.6) is 0 Å². The van der Waals surface area contributed by atoms with Crippen LogP contribution in [-0.2, 0) is 16.1 Å². The molecule has 2 amide bonds. The zero-order valence-electron chi connectivity index (χ0n) is 10.7. The number of alkyl carbamates (subject to hydrolysis) is 1. The number of halogens is 3. The molecular formula is C13H11F3N2O3. The highest BCUT2D eigenvalue weighted by molar-refractivity contribution is 5.94. The Morgan fingerprint density at radius 1 is 1.24 bits per heavy atom. The molecule has 0 heterocycles. The van der Waals surface area contributed by atoms with Gasteiger partial charge >= 0.3 is 18.2 Å². The summed E-state index contributed by atoms with van der Waals surface area (Å²) in [6, 6.07) is 5.37. The van der Waals surface area contributed by atoms with Crippen LogP contribution in [0.25, 0.3) is 0 Å². The van der Waals surface area contributed by atoms with Crippen LogP contribution in [0.2, 0.25) is 0 Å². The van der Waals surface area contributed by atoms with E-state index in [0.29, 0.717) is 5.56 Å². The van der Waals surface area contributed by atoms with Crippen LogP contribution >= 0.6 is 0 Å². The largest absolute Gasteiger partial charge is 0.471 e. The molecule has 0 fully saturated rings. The molecule has 5 nitrogen and oxygen atoms in total. The third-order valence-corrected chi connectivity index (χ3v) is 2.17. The third kappa shape index (κ3) is 5.86. The molecule has 2 N–H and O–H groups in total. The lowest BCUT2D eigenvalue weighted by atomic mass is 10.2. The molecule has 0 aromatic heterocycles. The number of amides is 2. The SMILES string of the molecule is C#CCNC(=O)OCc1ccc(NC(=O)C(F)(F)F)cc1. The first-order valence-corrected chi connectivity index (χ1v) is 5.64. The number of rotatable bonds is 4. The number of benzene rings is 1. The summed E-state index contributed by atoms with van der Waals surface area (Å²) in [6.45, 7) is -0.0504. The smallest absolute Gasteiger partial charge is 0.445 e. The van der Waals surface area contributed by atoms with E-state index in [1.807, 2.05) is 0 Å². The Hall–Kier alpha value is -2.69. The van der Waals surface area contributed by atoms with Crippen LogP contribution in [0.4, 0.5) is 23.7 Å². The van der Waals surface area contributed by atoms with Crippen molar-refractivity contribution < 1.29 is 27.5 Å². The fraction of sp³-hybridized carbons (Fsp3) is 0.231. The molecule has 0 aliphatic carbocycles. The molecule has 8 heteroatoms. The molecule has 0 saturated carbocycles. The van der Waals surface area contributed by atoms with Gasteiger partial charge in [0.25, 0.3) is 0 Å². The molecule has 0 aliphatic heterocycles. The Morgan fingerprint density at radius 3 is 2.38 bits per heavy atom. The van der Waals surface area contributed by atoms with E-state index in [4.69, 9.17) is 11.2 Å². The minimum atomic E-state index is -4.95. The molecule has 0 aliphatic rings. The molecule has 1 rings (SSSR count). The van der Waals surface area contributed by atoms with E-state index in [0.717, 1.165) is 0 Å². The van der Waals surface area contributed by atoms with Crippen LogP contribution in [0, 0.1) is 12.3 Å². The third-order valence-electron chi connectivity index (χ3n) is 2.17. The minimum Gasteiger partial charge on any atom is -0.445 e. The molecule has 0 spiro atoms. The first-order chi connectivity index (χ1) is 9.82. The van der Waals surface area contributed by atoms with E-state index in [1.54, 1.807) is 5.32 Å². The normalized spacial score (nSPS) is 10.4. The average Bonchev–Trinajstić information content (AvgIpc) is 2.43. The monoisotopic (exact) mass is 300 g/mol. The van der Waals surface area contributed by atoms with Crippen LogP contribution < -0.4 is 10.6 Å². The van der Waals surface area contributed by atoms with E-state index >= 15 is 0 Å². The first kappa shape index (κ1) is 16.4. The summed E-state index contributed by atoms with van der Waals surface area (Å²) in [5.74, 6) is 0.135. The number of hydrogen-bond donors (Lipinski definition) is 2. The second kappa shape index (κ2) is 7.19. The lowest BCUT2D eigenvalue weighted by Crippen LogP contribution is -2.29. The highest BCUT2D eigenvalue weighted by Gasteiger charge is 2.38. The predicted molar refractivity (Wildman–Crippen MR) is 68.1 cm³/mol. The number of anilines is 1. The molecular weight excluding hydrogens is 289 g/mol. The maximum Gasteiger partial charge on any atom is 0.471 e. The topological polar surface area (TPSA) is 67.4 Å². The van der Waals surface area contributed by atoms with Gasteiger partial charge in [0.2, 0.25) is 0 Å². The number of nitrogens with one attached hydrogen (secondary N) is 2. The van der Waals surface area contributed by atoms with Crippen molar-refractivity contribution in [2.75, 3.05) is 11.9 Å². The highest BCUT2D eigenvalue weighted by Crippen LogP contribution is 2.18. The van der Waals surface area contributed by atoms with Gasteiger partial charge in [-0.15, -0.1) is 6.42 Å². The molecule has 0 atom stereocenters. The van der Waals surface area contributed by atoms with Gasteiger partial charge in [-0.3, -0.25) is 4.79 Å². The molecule has 1 aromatic carbocycles. The van der Waals surface area contributed by atoms with Crippen molar-refractivity contribution in [1.29, 1.82) is 0 Å². The minimum absolute atomic E-state index is 0.0159. The van der Waals surface area contributed by atoms with Gasteiger partial charge in [-0.25, -0.2) is 4.79 Å². The Bertz CT molecular complexity index is 547. The summed E-state index contributed by atoms with van der Waals surface area (Å²) >= 11 is 0. The zero-order chi connectivity index (χ0) is 15.9. The lowest BCUT2D eigenvalue weighted by Gasteiger charge is -2.09. The second-order valence-corrected chi connectivity index (χ2v) is 3.78. The van der Waals surface area contributed by atoms with Gasteiger partial charge in [0.05, 0.1) is 6.54 Å². The van der Waals surface area contributed by atoms with Crippen molar-refractivity contribution in [3.63, 3.8) is 0 Å². The van der Waals surface area contributed by atoms with Crippen molar-refractivity contribution in [3.8, 4) is 12.3 Å². The molecule has 0 saturated heterocycles. The summed E-state index contributed by atoms with van der Waals surface area (Å²) < 4.78 is 40.9. The van der Waals surface area contributed by atoms with Crippen LogP contribution in [0.3, 0.4) is 0 Å². The molecule has 0 unspecified atom stereocenters. The highest BCUT2D eigenvalue weighted by atomic mass is 19.4. The van der Waals surface area contributed by atoms with Crippen molar-refractivity contribution in [2.45, 2.75) is 12.8 Å². The van der Waals surface area contributed by atoms with E-state index in [2.05, 4.69) is 11.2 Å². The van der Waals surface area contributed by atoms with Crippen molar-refractivity contribution in [3.05, 3.63) is 29.8 Å². The zero-order valence-corrected chi connectivity index (χ0v) is 10.7. The summed E-state index contributed by atoms with van der Waals surface area (Å²) in [5, 5.41) is 3.97. The van der Waals surface area contributed by atoms with Crippen LogP contribution in [0.1, 0.15) is 5.56 Å². The van der Waals surface area contributed by atoms with Crippen molar-refractivity contribution in [1.82, 2.24) is 5.32 Å². The molecule has 112 valence electrons. The Kier molecular flexibility index (Phi) is 5.60. The quantitative estimate of drug-likeness (QED) is 0.836. The van der Waals surface area contributed by atoms with Crippen LogP contribution in [0.15, 0.2) is 24.3 Å². The molecule has 1 aromatic rings. The Labute approximate surface area is 118 Å². The van der Waals surface area contributed by atoms with Crippen molar-refractivity contribution in [2.24, 2.45) is 0 Å². The first-order valence-electron chi connectivity index (χ1n) is 5.64. The van der Waals surface area contributed by atoms with E-state index in [1.165, 1.54) is 24.3 Å². The predicted octanol–water partition coefficient (Wildman–Crippen LogP) is 2.05. The van der Waals surface area contributed by atoms with E-state index < -0.39 is 18.2 Å². The number of carbonyl (C=O) groups excluding carboxylic acids is 2.